The van der Waals surface area contributed by atoms with Crippen molar-refractivity contribution in [3.8, 4) is 0 Å². The van der Waals surface area contributed by atoms with Crippen molar-refractivity contribution < 1.29 is 61.1 Å². The van der Waals surface area contributed by atoms with Crippen molar-refractivity contribution >= 4 is 87.0 Å². The summed E-state index contributed by atoms with van der Waals surface area (Å²) >= 11 is -1.02. The molecule has 0 amide bonds. The van der Waals surface area contributed by atoms with Gasteiger partial charge in [-0.3, -0.25) is 0 Å². The predicted molar refractivity (Wildman–Crippen MR) is 272 cm³/mol. The third-order valence-corrected chi connectivity index (χ3v) is 16.7. The zero-order chi connectivity index (χ0) is 53.1. The number of sulfone groups is 1. The van der Waals surface area contributed by atoms with E-state index >= 15 is 0 Å². The summed E-state index contributed by atoms with van der Waals surface area (Å²) in [5.74, 6) is -2.69. The first-order valence-electron chi connectivity index (χ1n) is 22.3. The molecule has 1 saturated carbocycles. The Kier molecular flexibility index (Phi) is 16.3. The van der Waals surface area contributed by atoms with Crippen LogP contribution < -0.4 is 16.0 Å². The SMILES string of the molecule is C=C(C)C(=O)OC1CCCCC1Nc1ccc(C(c2ccc(Nc3ccc(C)cc3S(=O)(=O)C[N-]S(=O)(=O)C(F)(F)F)cc2)c2ccc(Nc3ccc(C)cc3S(=O)(=O)[N-]SC(F)(F)F)cc2)c2ccccc12. The zero-order valence-electron chi connectivity index (χ0n) is 39.1. The van der Waals surface area contributed by atoms with Gasteiger partial charge in [-0.05, 0) is 134 Å². The number of rotatable bonds is 18. The van der Waals surface area contributed by atoms with E-state index in [1.807, 2.05) is 36.4 Å². The summed E-state index contributed by atoms with van der Waals surface area (Å²) in [6.07, 6.45) is 2.82. The number of alkyl halides is 6. The number of nitrogens with zero attached hydrogens (tertiary/aromatic N) is 2. The molecule has 23 heteroatoms. The number of aryl methyl sites for hydroxylation is 2. The normalized spacial score (nSPS) is 16.1. The molecule has 0 saturated heterocycles. The standard InChI is InChI=1S/C50H47F6N5O8S4/c1-30(2)48(62)69-44-12-8-7-11-41(44)60-40-26-23-39(37-9-5-6-10-38(37)40)47(34-17-21-36(22-18-34)59-43-25-14-32(4)28-46(43)72(65,66)61-70-49(51,52)53)33-15-19-35(20-16-33)58-42-24-13-31(3)27-45(42)71(63,64)29-57-73(67,68)50(54,55)56/h5-6,9-10,13-28,41,44,47,58-60H,1,7-8,11-12,29H2,2-4H3/q-2. The van der Waals surface area contributed by atoms with Gasteiger partial charge >= 0.3 is 17.0 Å². The molecule has 0 bridgehead atoms. The van der Waals surface area contributed by atoms with Crippen molar-refractivity contribution in [3.63, 3.8) is 0 Å². The molecule has 13 nitrogen and oxygen atoms in total. The second-order valence-electron chi connectivity index (χ2n) is 17.3. The van der Waals surface area contributed by atoms with E-state index in [4.69, 9.17) is 4.74 Å². The molecule has 388 valence electrons. The number of sulfonamides is 2. The van der Waals surface area contributed by atoms with Gasteiger partial charge < -0.3 is 29.5 Å². The molecule has 3 N–H and O–H groups in total. The van der Waals surface area contributed by atoms with Gasteiger partial charge in [0.1, 0.15) is 16.1 Å². The number of esters is 1. The molecule has 3 atom stereocenters. The number of carbonyl (C=O) groups excluding carboxylic acids is 1. The smallest absolute Gasteiger partial charge is 0.480 e. The molecule has 0 radical (unpaired) electrons. The topological polar surface area (TPSA) is 193 Å². The van der Waals surface area contributed by atoms with E-state index in [0.717, 1.165) is 52.4 Å². The molecule has 6 aromatic carbocycles. The van der Waals surface area contributed by atoms with Gasteiger partial charge in [-0.1, -0.05) is 79.7 Å². The van der Waals surface area contributed by atoms with Crippen LogP contribution in [-0.4, -0.2) is 60.3 Å². The maximum atomic E-state index is 13.3. The second-order valence-corrected chi connectivity index (χ2v) is 23.5. The first kappa shape index (κ1) is 54.7. The van der Waals surface area contributed by atoms with Crippen molar-refractivity contribution in [3.05, 3.63) is 170 Å². The van der Waals surface area contributed by atoms with Crippen LogP contribution in [0.25, 0.3) is 19.6 Å². The molecular formula is C50H47F6N5O8S4-2. The van der Waals surface area contributed by atoms with Crippen LogP contribution >= 0.6 is 11.9 Å². The Morgan fingerprint density at radius 1 is 0.712 bits per heavy atom. The summed E-state index contributed by atoms with van der Waals surface area (Å²) in [6, 6.07) is 33.6. The Hall–Kier alpha value is -6.11. The first-order chi connectivity index (χ1) is 34.2. The Bertz CT molecular complexity index is 3380. The Morgan fingerprint density at radius 2 is 1.23 bits per heavy atom. The van der Waals surface area contributed by atoms with Crippen LogP contribution in [0.5, 0.6) is 0 Å². The second kappa shape index (κ2) is 21.8. The van der Waals surface area contributed by atoms with Gasteiger partial charge in [0.05, 0.1) is 27.2 Å². The molecule has 7 rings (SSSR count). The number of nitrogens with one attached hydrogen (secondary N) is 3. The van der Waals surface area contributed by atoms with E-state index in [2.05, 4.69) is 31.4 Å². The summed E-state index contributed by atoms with van der Waals surface area (Å²) in [5.41, 5.74) is -5.81. The number of benzene rings is 6. The van der Waals surface area contributed by atoms with Crippen LogP contribution in [0.15, 0.2) is 143 Å². The van der Waals surface area contributed by atoms with Gasteiger partial charge in [0.25, 0.3) is 0 Å². The maximum Gasteiger partial charge on any atom is 0.480 e. The summed E-state index contributed by atoms with van der Waals surface area (Å²) in [4.78, 5) is 11.7. The number of halogens is 6. The fourth-order valence-corrected chi connectivity index (χ4v) is 12.3. The van der Waals surface area contributed by atoms with Gasteiger partial charge in [-0.15, -0.1) is 0 Å². The van der Waals surface area contributed by atoms with Crippen LogP contribution in [0.2, 0.25) is 0 Å². The number of ether oxygens (including phenoxy) is 1. The lowest BCUT2D eigenvalue weighted by Gasteiger charge is -2.33. The average Bonchev–Trinajstić information content (AvgIpc) is 3.33. The highest BCUT2D eigenvalue weighted by atomic mass is 32.3. The number of anilines is 5. The molecule has 3 unspecified atom stereocenters. The Morgan fingerprint density at radius 3 is 1.78 bits per heavy atom. The van der Waals surface area contributed by atoms with Crippen LogP contribution in [-0.2, 0) is 39.4 Å². The third-order valence-electron chi connectivity index (χ3n) is 11.8. The highest BCUT2D eigenvalue weighted by Gasteiger charge is 2.39. The fourth-order valence-electron chi connectivity index (χ4n) is 8.27. The molecule has 0 aromatic heterocycles. The predicted octanol–water partition coefficient (Wildman–Crippen LogP) is 13.2. The van der Waals surface area contributed by atoms with Crippen LogP contribution in [0.1, 0.15) is 66.3 Å². The lowest BCUT2D eigenvalue weighted by atomic mass is 9.82. The number of hydrogen-bond donors (Lipinski definition) is 3. The molecule has 0 aliphatic heterocycles. The van der Waals surface area contributed by atoms with Crippen molar-refractivity contribution in [2.24, 2.45) is 0 Å². The molecule has 1 aliphatic carbocycles. The van der Waals surface area contributed by atoms with E-state index in [1.165, 1.54) is 24.3 Å². The maximum absolute atomic E-state index is 13.3. The molecule has 6 aromatic rings. The summed E-state index contributed by atoms with van der Waals surface area (Å²) in [5, 5.41) is 11.3. The van der Waals surface area contributed by atoms with Crippen molar-refractivity contribution in [1.29, 1.82) is 0 Å². The fraction of sp³-hybridized carbons (Fsp3) is 0.260. The number of carbonyl (C=O) groups is 1. The lowest BCUT2D eigenvalue weighted by Crippen LogP contribution is -2.40. The van der Waals surface area contributed by atoms with Gasteiger partial charge in [0.2, 0.25) is 0 Å². The van der Waals surface area contributed by atoms with Gasteiger partial charge in [0.15, 0.2) is 19.9 Å². The highest BCUT2D eigenvalue weighted by Crippen LogP contribution is 2.43. The van der Waals surface area contributed by atoms with Crippen molar-refractivity contribution in [1.82, 2.24) is 0 Å². The monoisotopic (exact) mass is 1090 g/mol. The Balaban J connectivity index is 1.26. The van der Waals surface area contributed by atoms with E-state index in [-0.39, 0.29) is 17.4 Å². The molecule has 0 spiro atoms. The number of fused-ring (bicyclic) bond motifs is 1. The summed E-state index contributed by atoms with van der Waals surface area (Å²) in [6.45, 7) is 8.45. The average molecular weight is 1090 g/mol. The molecular weight excluding hydrogens is 1040 g/mol. The van der Waals surface area contributed by atoms with E-state index in [9.17, 15) is 56.4 Å². The lowest BCUT2D eigenvalue weighted by molar-refractivity contribution is -0.146. The van der Waals surface area contributed by atoms with Gasteiger partial charge in [-0.25, -0.2) is 30.0 Å². The van der Waals surface area contributed by atoms with Gasteiger partial charge in [0, 0.05) is 33.9 Å². The van der Waals surface area contributed by atoms with Crippen molar-refractivity contribution in [2.45, 2.75) is 85.3 Å². The van der Waals surface area contributed by atoms with Crippen LogP contribution in [0, 0.1) is 13.8 Å². The molecule has 0 heterocycles. The molecule has 73 heavy (non-hydrogen) atoms. The molecule has 1 fully saturated rings. The Labute approximate surface area is 423 Å². The third kappa shape index (κ3) is 13.4. The van der Waals surface area contributed by atoms with Gasteiger partial charge in [-0.2, -0.15) is 38.3 Å². The number of hydrogen-bond acceptors (Lipinski definition) is 12. The van der Waals surface area contributed by atoms with Crippen molar-refractivity contribution in [2.75, 3.05) is 21.8 Å². The summed E-state index contributed by atoms with van der Waals surface area (Å²) in [7, 11) is -15.6. The largest absolute Gasteiger partial charge is 0.528 e. The minimum Gasteiger partial charge on any atom is -0.528 e. The van der Waals surface area contributed by atoms with E-state index in [1.54, 1.807) is 81.4 Å². The summed E-state index contributed by atoms with van der Waals surface area (Å²) < 4.78 is 166. The first-order valence-corrected chi connectivity index (χ1v) is 27.6. The zero-order valence-corrected chi connectivity index (χ0v) is 42.3. The quantitative estimate of drug-likeness (QED) is 0.0243. The van der Waals surface area contributed by atoms with E-state index < -0.39 is 86.5 Å². The van der Waals surface area contributed by atoms with Crippen LogP contribution in [0.3, 0.4) is 0 Å². The van der Waals surface area contributed by atoms with E-state index in [0.29, 0.717) is 34.5 Å². The minimum absolute atomic E-state index is 0.0153. The highest BCUT2D eigenvalue weighted by molar-refractivity contribution is 8.17. The minimum atomic E-state index is -6.10. The molecule has 1 aliphatic rings. The van der Waals surface area contributed by atoms with Crippen LogP contribution in [0.4, 0.5) is 54.8 Å².